The van der Waals surface area contributed by atoms with Crippen LogP contribution < -0.4 is 10.1 Å². The molecule has 1 atom stereocenters. The van der Waals surface area contributed by atoms with Crippen molar-refractivity contribution >= 4 is 27.3 Å². The predicted octanol–water partition coefficient (Wildman–Crippen LogP) is 3.64. The van der Waals surface area contributed by atoms with Crippen molar-refractivity contribution in [2.24, 2.45) is 0 Å². The maximum absolute atomic E-state index is 12.8. The molecular formula is C17H15NO5S2. The summed E-state index contributed by atoms with van der Waals surface area (Å²) < 4.78 is 36.2. The van der Waals surface area contributed by atoms with Crippen LogP contribution in [0.5, 0.6) is 5.75 Å². The van der Waals surface area contributed by atoms with Crippen LogP contribution in [0.3, 0.4) is 0 Å². The fourth-order valence-corrected chi connectivity index (χ4v) is 5.00. The van der Waals surface area contributed by atoms with Crippen LogP contribution in [0.25, 0.3) is 0 Å². The van der Waals surface area contributed by atoms with Gasteiger partial charge >= 0.3 is 6.09 Å². The Bertz CT molecular complexity index is 903. The van der Waals surface area contributed by atoms with E-state index in [0.717, 1.165) is 11.3 Å². The van der Waals surface area contributed by atoms with Gasteiger partial charge in [-0.3, -0.25) is 0 Å². The second-order valence-corrected chi connectivity index (χ2v) is 8.37. The molecule has 0 bridgehead atoms. The van der Waals surface area contributed by atoms with E-state index < -0.39 is 21.2 Å². The maximum atomic E-state index is 12.8. The summed E-state index contributed by atoms with van der Waals surface area (Å²) >= 11 is 1.12. The first-order valence-corrected chi connectivity index (χ1v) is 9.81. The van der Waals surface area contributed by atoms with Crippen LogP contribution >= 0.6 is 11.3 Å². The van der Waals surface area contributed by atoms with Crippen molar-refractivity contribution in [2.45, 2.75) is 9.46 Å². The van der Waals surface area contributed by atoms with Gasteiger partial charge in [0.1, 0.15) is 21.0 Å². The van der Waals surface area contributed by atoms with Gasteiger partial charge in [-0.15, -0.1) is 11.3 Å². The predicted molar refractivity (Wildman–Crippen MR) is 93.4 cm³/mol. The first kappa shape index (κ1) is 17.2. The summed E-state index contributed by atoms with van der Waals surface area (Å²) in [6, 6.07) is 14.9. The molecule has 3 rings (SSSR count). The Kier molecular flexibility index (Phi) is 5.20. The SMILES string of the molecule is O=C(NC[C@@H](c1ccco1)S(=O)(=O)c1cccs1)Oc1ccccc1. The van der Waals surface area contributed by atoms with Gasteiger partial charge < -0.3 is 14.5 Å². The number of hydrogen-bond donors (Lipinski definition) is 1. The molecule has 130 valence electrons. The summed E-state index contributed by atoms with van der Waals surface area (Å²) in [4.78, 5) is 11.9. The van der Waals surface area contributed by atoms with E-state index in [2.05, 4.69) is 5.32 Å². The van der Waals surface area contributed by atoms with Crippen molar-refractivity contribution < 1.29 is 22.4 Å². The van der Waals surface area contributed by atoms with Crippen LogP contribution in [0, 0.1) is 0 Å². The minimum atomic E-state index is -3.69. The molecule has 2 heterocycles. The van der Waals surface area contributed by atoms with Crippen LogP contribution in [0.15, 0.2) is 74.9 Å². The molecule has 0 aliphatic rings. The Morgan fingerprint density at radius 3 is 2.56 bits per heavy atom. The number of para-hydroxylation sites is 1. The molecule has 0 aliphatic heterocycles. The Labute approximate surface area is 149 Å². The van der Waals surface area contributed by atoms with Crippen LogP contribution in [0.2, 0.25) is 0 Å². The van der Waals surface area contributed by atoms with Crippen molar-refractivity contribution in [3.05, 3.63) is 72.0 Å². The van der Waals surface area contributed by atoms with Gasteiger partial charge in [0.25, 0.3) is 0 Å². The van der Waals surface area contributed by atoms with Crippen LogP contribution in [-0.4, -0.2) is 21.1 Å². The molecule has 0 unspecified atom stereocenters. The molecule has 6 nitrogen and oxygen atoms in total. The number of nitrogens with one attached hydrogen (secondary N) is 1. The first-order valence-electron chi connectivity index (χ1n) is 7.39. The number of benzene rings is 1. The average Bonchev–Trinajstić information content (AvgIpc) is 3.30. The summed E-state index contributed by atoms with van der Waals surface area (Å²) in [5.41, 5.74) is 0. The number of hydrogen-bond acceptors (Lipinski definition) is 6. The zero-order valence-corrected chi connectivity index (χ0v) is 14.6. The smallest absolute Gasteiger partial charge is 0.412 e. The number of rotatable bonds is 6. The molecule has 2 aromatic heterocycles. The molecule has 1 aromatic carbocycles. The number of thiophene rings is 1. The monoisotopic (exact) mass is 377 g/mol. The highest BCUT2D eigenvalue weighted by atomic mass is 32.2. The standard InChI is InChI=1S/C17H15NO5S2/c19-17(23-13-6-2-1-3-7-13)18-12-15(14-8-4-10-22-14)25(20,21)16-9-5-11-24-16/h1-11,15H,12H2,(H,18,19)/t15-/m0/s1. The van der Waals surface area contributed by atoms with Crippen molar-refractivity contribution in [3.63, 3.8) is 0 Å². The van der Waals surface area contributed by atoms with Gasteiger partial charge in [-0.1, -0.05) is 24.3 Å². The molecular weight excluding hydrogens is 362 g/mol. The van der Waals surface area contributed by atoms with Crippen molar-refractivity contribution in [3.8, 4) is 5.75 Å². The third-order valence-electron chi connectivity index (χ3n) is 3.40. The fraction of sp³-hybridized carbons (Fsp3) is 0.118. The number of furan rings is 1. The lowest BCUT2D eigenvalue weighted by Crippen LogP contribution is -2.33. The normalized spacial score (nSPS) is 12.5. The van der Waals surface area contributed by atoms with Gasteiger partial charge in [0.2, 0.25) is 0 Å². The zero-order chi connectivity index (χ0) is 17.7. The van der Waals surface area contributed by atoms with E-state index in [0.29, 0.717) is 5.75 Å². The average molecular weight is 377 g/mol. The zero-order valence-electron chi connectivity index (χ0n) is 13.0. The molecule has 0 fully saturated rings. The summed E-state index contributed by atoms with van der Waals surface area (Å²) in [7, 11) is -3.69. The number of sulfone groups is 1. The molecule has 0 saturated heterocycles. The van der Waals surface area contributed by atoms with Crippen LogP contribution in [0.4, 0.5) is 4.79 Å². The number of ether oxygens (including phenoxy) is 1. The number of amides is 1. The lowest BCUT2D eigenvalue weighted by molar-refractivity contribution is 0.200. The molecule has 0 aliphatic carbocycles. The summed E-state index contributed by atoms with van der Waals surface area (Å²) in [5.74, 6) is 0.629. The molecule has 1 N–H and O–H groups in total. The van der Waals surface area contributed by atoms with Gasteiger partial charge in [0, 0.05) is 6.54 Å². The molecule has 25 heavy (non-hydrogen) atoms. The molecule has 0 spiro atoms. The second kappa shape index (κ2) is 7.54. The molecule has 0 saturated carbocycles. The highest BCUT2D eigenvalue weighted by molar-refractivity contribution is 7.93. The molecule has 3 aromatic rings. The van der Waals surface area contributed by atoms with E-state index >= 15 is 0 Å². The fourth-order valence-electron chi connectivity index (χ4n) is 2.21. The van der Waals surface area contributed by atoms with Crippen LogP contribution in [-0.2, 0) is 9.84 Å². The maximum Gasteiger partial charge on any atom is 0.412 e. The quantitative estimate of drug-likeness (QED) is 0.709. The minimum Gasteiger partial charge on any atom is -0.468 e. The number of carbonyl (C=O) groups is 1. The minimum absolute atomic E-state index is 0.167. The topological polar surface area (TPSA) is 85.6 Å². The van der Waals surface area contributed by atoms with Crippen molar-refractivity contribution in [2.75, 3.05) is 6.54 Å². The Balaban J connectivity index is 1.74. The Hall–Kier alpha value is -2.58. The highest BCUT2D eigenvalue weighted by Gasteiger charge is 2.32. The van der Waals surface area contributed by atoms with E-state index in [1.165, 1.54) is 12.3 Å². The van der Waals surface area contributed by atoms with E-state index in [9.17, 15) is 13.2 Å². The molecule has 1 amide bonds. The van der Waals surface area contributed by atoms with E-state index in [4.69, 9.17) is 9.15 Å². The van der Waals surface area contributed by atoms with Gasteiger partial charge in [-0.25, -0.2) is 13.2 Å². The highest BCUT2D eigenvalue weighted by Crippen LogP contribution is 2.31. The van der Waals surface area contributed by atoms with E-state index in [1.807, 2.05) is 0 Å². The van der Waals surface area contributed by atoms with Gasteiger partial charge in [-0.05, 0) is 35.7 Å². The third-order valence-corrected chi connectivity index (χ3v) is 6.89. The summed E-state index contributed by atoms with van der Waals surface area (Å²) in [6.45, 7) is -0.167. The Morgan fingerprint density at radius 2 is 1.92 bits per heavy atom. The largest absolute Gasteiger partial charge is 0.468 e. The molecule has 0 radical (unpaired) electrons. The Morgan fingerprint density at radius 1 is 1.12 bits per heavy atom. The third kappa shape index (κ3) is 4.09. The van der Waals surface area contributed by atoms with Gasteiger partial charge in [0.05, 0.1) is 6.26 Å². The van der Waals surface area contributed by atoms with Crippen molar-refractivity contribution in [1.82, 2.24) is 5.32 Å². The van der Waals surface area contributed by atoms with Crippen molar-refractivity contribution in [1.29, 1.82) is 0 Å². The number of carbonyl (C=O) groups excluding carboxylic acids is 1. The van der Waals surface area contributed by atoms with Gasteiger partial charge in [-0.2, -0.15) is 0 Å². The van der Waals surface area contributed by atoms with E-state index in [-0.39, 0.29) is 16.5 Å². The second-order valence-electron chi connectivity index (χ2n) is 5.06. The lowest BCUT2D eigenvalue weighted by atomic mass is 10.3. The summed E-state index contributed by atoms with van der Waals surface area (Å²) in [6.07, 6.45) is 0.665. The summed E-state index contributed by atoms with van der Waals surface area (Å²) in [5, 5.41) is 3.14. The van der Waals surface area contributed by atoms with Crippen LogP contribution in [0.1, 0.15) is 11.0 Å². The van der Waals surface area contributed by atoms with Gasteiger partial charge in [0.15, 0.2) is 9.84 Å². The van der Waals surface area contributed by atoms with E-state index in [1.54, 1.807) is 53.9 Å². The first-order chi connectivity index (χ1) is 12.1. The lowest BCUT2D eigenvalue weighted by Gasteiger charge is -2.15. The molecule has 8 heteroatoms.